The molecule has 1 saturated heterocycles. The number of hydrogen-bond acceptors (Lipinski definition) is 6. The zero-order valence-electron chi connectivity index (χ0n) is 23.4. The van der Waals surface area contributed by atoms with Crippen molar-refractivity contribution in [2.45, 2.75) is 6.54 Å². The first-order chi connectivity index (χ1) is 20.5. The average molecular weight is 584 g/mol. The summed E-state index contributed by atoms with van der Waals surface area (Å²) in [6.07, 6.45) is 0. The number of methoxy groups -OCH3 is 1. The van der Waals surface area contributed by atoms with E-state index < -0.39 is 0 Å². The Morgan fingerprint density at radius 1 is 0.810 bits per heavy atom. The first kappa shape index (κ1) is 28.7. The first-order valence-corrected chi connectivity index (χ1v) is 14.6. The molecule has 0 aliphatic carbocycles. The van der Waals surface area contributed by atoms with Crippen LogP contribution in [-0.4, -0.2) is 67.5 Å². The molecule has 2 N–H and O–H groups in total. The van der Waals surface area contributed by atoms with Crippen LogP contribution in [0.2, 0.25) is 0 Å². The lowest BCUT2D eigenvalue weighted by atomic mass is 10.2. The van der Waals surface area contributed by atoms with Gasteiger partial charge < -0.3 is 30.1 Å². The van der Waals surface area contributed by atoms with Crippen molar-refractivity contribution in [2.75, 3.05) is 55.4 Å². The van der Waals surface area contributed by atoms with Crippen LogP contribution in [0.1, 0.15) is 15.2 Å². The van der Waals surface area contributed by atoms with E-state index in [-0.39, 0.29) is 24.4 Å². The van der Waals surface area contributed by atoms with Crippen LogP contribution in [0.25, 0.3) is 0 Å². The van der Waals surface area contributed by atoms with Crippen molar-refractivity contribution in [3.05, 3.63) is 107 Å². The van der Waals surface area contributed by atoms with Gasteiger partial charge in [-0.05, 0) is 65.5 Å². The molecule has 5 rings (SSSR count). The number of benzene rings is 3. The van der Waals surface area contributed by atoms with E-state index in [1.807, 2.05) is 90.3 Å². The number of amides is 4. The van der Waals surface area contributed by atoms with Crippen LogP contribution in [0.3, 0.4) is 0 Å². The maximum absolute atomic E-state index is 13.1. The number of rotatable bonds is 9. The second-order valence-electron chi connectivity index (χ2n) is 9.85. The Kier molecular flexibility index (Phi) is 9.35. The Bertz CT molecular complexity index is 1470. The lowest BCUT2D eigenvalue weighted by Crippen LogP contribution is -2.50. The summed E-state index contributed by atoms with van der Waals surface area (Å²) in [6.45, 7) is 2.86. The van der Waals surface area contributed by atoms with Gasteiger partial charge in [0.05, 0.1) is 12.0 Å². The molecule has 42 heavy (non-hydrogen) atoms. The molecule has 0 unspecified atom stereocenters. The van der Waals surface area contributed by atoms with Crippen molar-refractivity contribution >= 4 is 46.2 Å². The van der Waals surface area contributed by atoms with Crippen LogP contribution < -0.4 is 20.3 Å². The van der Waals surface area contributed by atoms with E-state index in [0.29, 0.717) is 43.3 Å². The zero-order chi connectivity index (χ0) is 29.3. The van der Waals surface area contributed by atoms with Crippen LogP contribution in [0, 0.1) is 0 Å². The van der Waals surface area contributed by atoms with E-state index in [1.165, 1.54) is 11.3 Å². The molecule has 1 aliphatic rings. The molecule has 0 atom stereocenters. The van der Waals surface area contributed by atoms with Crippen molar-refractivity contribution in [1.29, 1.82) is 0 Å². The highest BCUT2D eigenvalue weighted by atomic mass is 32.1. The molecule has 1 fully saturated rings. The number of urea groups is 1. The predicted octanol–water partition coefficient (Wildman–Crippen LogP) is 5.39. The molecular formula is C32H33N5O4S. The molecule has 3 aromatic carbocycles. The van der Waals surface area contributed by atoms with Gasteiger partial charge in [0.1, 0.15) is 12.3 Å². The Balaban J connectivity index is 1.13. The highest BCUT2D eigenvalue weighted by Crippen LogP contribution is 2.21. The Hall–Kier alpha value is -4.83. The largest absolute Gasteiger partial charge is 0.497 e. The Labute approximate surface area is 249 Å². The summed E-state index contributed by atoms with van der Waals surface area (Å²) in [5.74, 6) is 0.303. The molecule has 216 valence electrons. The summed E-state index contributed by atoms with van der Waals surface area (Å²) in [7, 11) is 1.61. The number of nitrogens with one attached hydrogen (secondary N) is 2. The predicted molar refractivity (Wildman–Crippen MR) is 166 cm³/mol. The van der Waals surface area contributed by atoms with Gasteiger partial charge in [0, 0.05) is 49.8 Å². The number of thiophene rings is 1. The molecule has 9 nitrogen and oxygen atoms in total. The van der Waals surface area contributed by atoms with Gasteiger partial charge >= 0.3 is 6.03 Å². The molecule has 0 saturated carbocycles. The third-order valence-electron chi connectivity index (χ3n) is 6.99. The number of carbonyl (C=O) groups excluding carboxylic acids is 3. The topological polar surface area (TPSA) is 94.2 Å². The normalized spacial score (nSPS) is 12.9. The van der Waals surface area contributed by atoms with Gasteiger partial charge in [-0.25, -0.2) is 4.79 Å². The molecule has 4 aromatic rings. The second kappa shape index (κ2) is 13.7. The monoisotopic (exact) mass is 583 g/mol. The number of carbonyl (C=O) groups is 3. The van der Waals surface area contributed by atoms with E-state index in [4.69, 9.17) is 4.74 Å². The maximum Gasteiger partial charge on any atom is 0.321 e. The number of ether oxygens (including phenoxy) is 1. The zero-order valence-corrected chi connectivity index (χ0v) is 24.2. The van der Waals surface area contributed by atoms with E-state index in [9.17, 15) is 14.4 Å². The van der Waals surface area contributed by atoms with Crippen LogP contribution in [0.4, 0.5) is 21.9 Å². The SMILES string of the molecule is COc1ccc(NC(=O)N2CCN(c3ccc(NC(=O)CN(Cc4ccccc4)C(=O)c4cccs4)cc3)CC2)cc1. The molecule has 0 bridgehead atoms. The van der Waals surface area contributed by atoms with Gasteiger partial charge in [0.2, 0.25) is 5.91 Å². The number of hydrogen-bond donors (Lipinski definition) is 2. The van der Waals surface area contributed by atoms with Gasteiger partial charge in [-0.3, -0.25) is 9.59 Å². The molecular weight excluding hydrogens is 550 g/mol. The fraction of sp³-hybridized carbons (Fsp3) is 0.219. The van der Waals surface area contributed by atoms with Crippen LogP contribution >= 0.6 is 11.3 Å². The van der Waals surface area contributed by atoms with Gasteiger partial charge in [0.25, 0.3) is 5.91 Å². The van der Waals surface area contributed by atoms with Crippen molar-refractivity contribution in [1.82, 2.24) is 9.80 Å². The van der Waals surface area contributed by atoms with Gasteiger partial charge in [0.15, 0.2) is 0 Å². The third kappa shape index (κ3) is 7.46. The molecule has 0 spiro atoms. The molecule has 1 aliphatic heterocycles. The summed E-state index contributed by atoms with van der Waals surface area (Å²) in [5, 5.41) is 7.71. The van der Waals surface area contributed by atoms with Crippen molar-refractivity contribution in [2.24, 2.45) is 0 Å². The quantitative estimate of drug-likeness (QED) is 0.276. The Morgan fingerprint density at radius 2 is 1.48 bits per heavy atom. The fourth-order valence-corrected chi connectivity index (χ4v) is 5.42. The molecule has 2 heterocycles. The minimum Gasteiger partial charge on any atom is -0.497 e. The summed E-state index contributed by atoms with van der Waals surface area (Å²) in [4.78, 5) is 45.0. The van der Waals surface area contributed by atoms with E-state index >= 15 is 0 Å². The summed E-state index contributed by atoms with van der Waals surface area (Å²) < 4.78 is 5.16. The molecule has 1 aromatic heterocycles. The third-order valence-corrected chi connectivity index (χ3v) is 7.85. The van der Waals surface area contributed by atoms with E-state index in [1.54, 1.807) is 23.0 Å². The van der Waals surface area contributed by atoms with Crippen molar-refractivity contribution in [3.8, 4) is 5.75 Å². The summed E-state index contributed by atoms with van der Waals surface area (Å²) in [5.41, 5.74) is 3.35. The standard InChI is InChI=1S/C32H33N5O4S/c1-41-28-15-11-26(12-16-28)34-32(40)36-19-17-35(18-20-36)27-13-9-25(10-14-27)33-30(38)23-37(22-24-6-3-2-4-7-24)31(39)29-8-5-21-42-29/h2-16,21H,17-20,22-23H2,1H3,(H,33,38)(H,34,40). The average Bonchev–Trinajstić information content (AvgIpc) is 3.57. The molecule has 0 radical (unpaired) electrons. The van der Waals surface area contributed by atoms with E-state index in [0.717, 1.165) is 22.7 Å². The maximum atomic E-state index is 13.1. The minimum absolute atomic E-state index is 0.0616. The summed E-state index contributed by atoms with van der Waals surface area (Å²) in [6, 6.07) is 28.0. The first-order valence-electron chi connectivity index (χ1n) is 13.7. The van der Waals surface area contributed by atoms with Crippen LogP contribution in [0.15, 0.2) is 96.4 Å². The van der Waals surface area contributed by atoms with Crippen LogP contribution in [-0.2, 0) is 11.3 Å². The highest BCUT2D eigenvalue weighted by Gasteiger charge is 2.22. The Morgan fingerprint density at radius 3 is 2.12 bits per heavy atom. The fourth-order valence-electron chi connectivity index (χ4n) is 4.73. The van der Waals surface area contributed by atoms with Crippen LogP contribution in [0.5, 0.6) is 5.75 Å². The molecule has 10 heteroatoms. The van der Waals surface area contributed by atoms with Crippen molar-refractivity contribution in [3.63, 3.8) is 0 Å². The number of anilines is 3. The number of nitrogens with zero attached hydrogens (tertiary/aromatic N) is 3. The second-order valence-corrected chi connectivity index (χ2v) is 10.8. The molecule has 4 amide bonds. The lowest BCUT2D eigenvalue weighted by Gasteiger charge is -2.36. The van der Waals surface area contributed by atoms with Crippen molar-refractivity contribution < 1.29 is 19.1 Å². The highest BCUT2D eigenvalue weighted by molar-refractivity contribution is 7.12. The van der Waals surface area contributed by atoms with Gasteiger partial charge in [-0.2, -0.15) is 0 Å². The van der Waals surface area contributed by atoms with Gasteiger partial charge in [-0.15, -0.1) is 11.3 Å². The van der Waals surface area contributed by atoms with Gasteiger partial charge in [-0.1, -0.05) is 36.4 Å². The number of piperazine rings is 1. The minimum atomic E-state index is -0.264. The lowest BCUT2D eigenvalue weighted by molar-refractivity contribution is -0.117. The summed E-state index contributed by atoms with van der Waals surface area (Å²) >= 11 is 1.36. The van der Waals surface area contributed by atoms with E-state index in [2.05, 4.69) is 15.5 Å². The smallest absolute Gasteiger partial charge is 0.321 e.